The second-order valence-electron chi connectivity index (χ2n) is 24.9. The van der Waals surface area contributed by atoms with E-state index in [4.69, 9.17) is 31.8 Å². The van der Waals surface area contributed by atoms with Crippen molar-refractivity contribution in [2.75, 3.05) is 13.1 Å². The monoisotopic (exact) mass is 1290 g/mol. The van der Waals surface area contributed by atoms with Gasteiger partial charge in [0.05, 0.1) is 66.7 Å². The van der Waals surface area contributed by atoms with Crippen LogP contribution >= 0.6 is 0 Å². The highest BCUT2D eigenvalue weighted by molar-refractivity contribution is 6.03. The van der Waals surface area contributed by atoms with Crippen LogP contribution in [0.15, 0.2) is 99.9 Å². The molecule has 1 fully saturated rings. The van der Waals surface area contributed by atoms with E-state index >= 15 is 0 Å². The summed E-state index contributed by atoms with van der Waals surface area (Å²) in [4.78, 5) is 166. The molecule has 3 aliphatic heterocycles. The molecule has 7 atom stereocenters. The van der Waals surface area contributed by atoms with E-state index in [2.05, 4.69) is 47.4 Å². The zero-order valence-electron chi connectivity index (χ0n) is 53.2. The van der Waals surface area contributed by atoms with E-state index in [0.717, 1.165) is 10.9 Å². The molecule has 5 aromatic rings. The van der Waals surface area contributed by atoms with Gasteiger partial charge in [0.15, 0.2) is 11.7 Å². The number of fused-ring (bicyclic) bond motifs is 5. The number of oxime groups is 1. The Balaban J connectivity index is 0.941. The first-order valence-electron chi connectivity index (χ1n) is 31.0. The molecule has 1 saturated heterocycles. The van der Waals surface area contributed by atoms with Gasteiger partial charge in [-0.15, -0.1) is 0 Å². The van der Waals surface area contributed by atoms with Crippen molar-refractivity contribution in [3.8, 4) is 11.4 Å². The quantitative estimate of drug-likeness (QED) is 0.0139. The summed E-state index contributed by atoms with van der Waals surface area (Å²) in [7, 11) is 0. The summed E-state index contributed by atoms with van der Waals surface area (Å²) in [6.45, 7) is 9.88. The van der Waals surface area contributed by atoms with E-state index in [1.807, 2.05) is 45.0 Å². The van der Waals surface area contributed by atoms with Gasteiger partial charge in [-0.05, 0) is 80.3 Å². The van der Waals surface area contributed by atoms with Crippen LogP contribution in [0.4, 0.5) is 0 Å². The number of nitrogens with one attached hydrogen (secondary N) is 7. The number of nitrogens with zero attached hydrogens (tertiary/aromatic N) is 4. The summed E-state index contributed by atoms with van der Waals surface area (Å²) in [5, 5.41) is 32.8. The second kappa shape index (κ2) is 30.4. The third-order valence-corrected chi connectivity index (χ3v) is 16.4. The topological polar surface area (TPSA) is 431 Å². The molecule has 0 spiro atoms. The van der Waals surface area contributed by atoms with Gasteiger partial charge >= 0.3 is 11.9 Å². The highest BCUT2D eigenvalue weighted by Crippen LogP contribution is 2.43. The number of carboxylic acids is 1. The molecule has 1 unspecified atom stereocenters. The van der Waals surface area contributed by atoms with Crippen molar-refractivity contribution in [2.45, 2.75) is 160 Å². The van der Waals surface area contributed by atoms with Crippen LogP contribution in [0.1, 0.15) is 119 Å². The molecule has 28 nitrogen and oxygen atoms in total. The number of hydrogen-bond donors (Lipinski definition) is 11. The summed E-state index contributed by atoms with van der Waals surface area (Å²) >= 11 is 0. The van der Waals surface area contributed by atoms with Crippen molar-refractivity contribution >= 4 is 82.1 Å². The van der Waals surface area contributed by atoms with E-state index < -0.39 is 144 Å². The number of pyridine rings is 2. The molecular formula is C66H80N14O14. The molecule has 7 amide bonds. The third kappa shape index (κ3) is 17.2. The van der Waals surface area contributed by atoms with Crippen molar-refractivity contribution in [1.29, 1.82) is 0 Å². The van der Waals surface area contributed by atoms with Gasteiger partial charge in [0.25, 0.3) is 5.56 Å². The van der Waals surface area contributed by atoms with Crippen LogP contribution in [0.25, 0.3) is 22.3 Å². The predicted octanol–water partition coefficient (Wildman–Crippen LogP) is 0.795. The van der Waals surface area contributed by atoms with Crippen molar-refractivity contribution < 1.29 is 62.6 Å². The van der Waals surface area contributed by atoms with E-state index in [0.29, 0.717) is 44.7 Å². The van der Waals surface area contributed by atoms with Gasteiger partial charge in [-0.2, -0.15) is 0 Å². The van der Waals surface area contributed by atoms with Gasteiger partial charge in [0, 0.05) is 48.9 Å². The number of para-hydroxylation sites is 1. The lowest BCUT2D eigenvalue weighted by Gasteiger charge is -2.37. The summed E-state index contributed by atoms with van der Waals surface area (Å²) in [6, 6.07) is 15.9. The zero-order chi connectivity index (χ0) is 68.2. The maximum atomic E-state index is 14.6. The predicted molar refractivity (Wildman–Crippen MR) is 345 cm³/mol. The largest absolute Gasteiger partial charge is 0.481 e. The van der Waals surface area contributed by atoms with Gasteiger partial charge in [0.2, 0.25) is 41.4 Å². The number of carbonyl (C=O) groups is 10. The number of Topliss-reactive ketones (excluding diaryl/α,β-unsaturated/α-hetero) is 1. The number of ether oxygens (including phenoxy) is 1. The second-order valence-corrected chi connectivity index (χ2v) is 24.9. The Labute approximate surface area is 541 Å². The Bertz CT molecular complexity index is 3860. The van der Waals surface area contributed by atoms with Crippen LogP contribution in [0.3, 0.4) is 0 Å². The van der Waals surface area contributed by atoms with Gasteiger partial charge in [-0.25, -0.2) is 4.98 Å². The Morgan fingerprint density at radius 3 is 2.10 bits per heavy atom. The molecule has 0 bridgehead atoms. The molecule has 14 N–H and O–H groups in total. The van der Waals surface area contributed by atoms with Gasteiger partial charge in [-0.1, -0.05) is 98.7 Å². The number of aliphatic imine (C=N–C) groups is 1. The number of ketones is 1. The highest BCUT2D eigenvalue weighted by atomic mass is 16.6. The Hall–Kier alpha value is -10.4. The minimum Gasteiger partial charge on any atom is -0.481 e. The number of carbonyl (C=O) groups excluding carboxylic acids is 9. The molecule has 0 radical (unpaired) electrons. The smallest absolute Gasteiger partial charge is 0.317 e. The van der Waals surface area contributed by atoms with Crippen molar-refractivity contribution in [3.05, 3.63) is 134 Å². The van der Waals surface area contributed by atoms with Crippen molar-refractivity contribution in [3.63, 3.8) is 0 Å². The highest BCUT2D eigenvalue weighted by Gasteiger charge is 2.50. The molecule has 94 heavy (non-hydrogen) atoms. The number of amides is 7. The van der Waals surface area contributed by atoms with Crippen LogP contribution in [0.2, 0.25) is 0 Å². The molecule has 5 heterocycles. The van der Waals surface area contributed by atoms with Gasteiger partial charge in [0.1, 0.15) is 41.8 Å². The lowest BCUT2D eigenvalue weighted by Crippen LogP contribution is -2.58. The van der Waals surface area contributed by atoms with Gasteiger partial charge in [-0.3, -0.25) is 57.7 Å². The number of rotatable bonds is 23. The summed E-state index contributed by atoms with van der Waals surface area (Å²) in [6.07, 6.45) is -0.304. The Kier molecular flexibility index (Phi) is 22.5. The SMILES string of the molecule is CC[C@@]1(CC(=O)[C@@H](NC(=O)[C@@H](N)CC(=O)NCc2ccc(C[C@@H]3NC(=O)C(Cc4ccccc4)NC(=O)[C@H](CC(=O)O)NC(=O)CNC(=O)[C@H](CCCN=C(N)N)NC3=O)cc2)C(C)C)C(=O)OCc2c1cc1n(c2=O)Cc2c-1nc1ccccc1c2/C=N/OC(C)(C)C. The van der Waals surface area contributed by atoms with E-state index in [1.54, 1.807) is 92.2 Å². The Morgan fingerprint density at radius 2 is 1.46 bits per heavy atom. The maximum absolute atomic E-state index is 14.6. The molecular weight excluding hydrogens is 1210 g/mol. The number of hydrogen-bond acceptors (Lipinski definition) is 17. The molecule has 2 aromatic heterocycles. The maximum Gasteiger partial charge on any atom is 0.317 e. The first kappa shape index (κ1) is 69.5. The normalized spacial score (nSPS) is 19.9. The number of aromatic nitrogens is 2. The zero-order valence-corrected chi connectivity index (χ0v) is 53.2. The summed E-state index contributed by atoms with van der Waals surface area (Å²) < 4.78 is 7.28. The molecule has 3 aromatic carbocycles. The molecule has 0 saturated carbocycles. The molecule has 498 valence electrons. The summed E-state index contributed by atoms with van der Waals surface area (Å²) in [5.41, 5.74) is 19.9. The fraction of sp³-hybridized carbons (Fsp3) is 0.424. The minimum atomic E-state index is -1.67. The Morgan fingerprint density at radius 1 is 0.830 bits per heavy atom. The average molecular weight is 1290 g/mol. The molecule has 0 aliphatic carbocycles. The van der Waals surface area contributed by atoms with Crippen LogP contribution in [-0.2, 0) is 95.5 Å². The van der Waals surface area contributed by atoms with Crippen molar-refractivity contribution in [1.82, 2.24) is 46.8 Å². The van der Waals surface area contributed by atoms with Gasteiger partial charge < -0.3 is 73.7 Å². The fourth-order valence-electron chi connectivity index (χ4n) is 11.5. The minimum absolute atomic E-state index is 0.0353. The molecule has 28 heteroatoms. The molecule has 3 aliphatic rings. The van der Waals surface area contributed by atoms with Crippen LogP contribution in [0.5, 0.6) is 0 Å². The van der Waals surface area contributed by atoms with Crippen LogP contribution < -0.4 is 60.0 Å². The number of aliphatic carboxylic acids is 1. The van der Waals surface area contributed by atoms with Crippen molar-refractivity contribution in [2.24, 2.45) is 33.3 Å². The fourth-order valence-corrected chi connectivity index (χ4v) is 11.5. The average Bonchev–Trinajstić information content (AvgIpc) is 1.47. The van der Waals surface area contributed by atoms with E-state index in [1.165, 1.54) is 0 Å². The van der Waals surface area contributed by atoms with Crippen LogP contribution in [-0.4, -0.2) is 141 Å². The molecule has 8 rings (SSSR count). The number of guanidine groups is 1. The third-order valence-electron chi connectivity index (χ3n) is 16.4. The summed E-state index contributed by atoms with van der Waals surface area (Å²) in [5.74, 6) is -9.29. The lowest BCUT2D eigenvalue weighted by atomic mass is 9.70. The first-order valence-corrected chi connectivity index (χ1v) is 31.0. The number of benzene rings is 3. The lowest BCUT2D eigenvalue weighted by molar-refractivity contribution is -0.156. The number of nitrogens with two attached hydrogens (primary N) is 3. The number of carboxylic acid groups (broad SMARTS) is 1. The first-order chi connectivity index (χ1) is 44.6. The standard InChI is InChI=1S/C66H80N14O14/c1-7-66(43-26-50-56-41(33-80(50)62(91)42(43)34-93-63(66)92)40(31-73-94-65(4,5)6)39-16-11-12-17-45(39)75-56)29-51(81)55(35(2)3)79-57(86)44(67)27-52(82)71-30-38-21-19-37(20-22-38)25-48-59(88)76-46(18-13-23-70-64(68)69)58(87)72-32-53(83)74-49(28-54(84)85)61(90)78-47(60(89)77-48)24-36-14-9-8-10-15-36/h8-12,14-17,19-22,26,31,35,44,46-49,55H,7,13,18,23-25,27-30,32-34,67H2,1-6H3,(H,71,82)(H,72,87)(H,74,83)(H,76,88)(H,77,89)(H,78,90)(H,79,86)(H,84,85)(H4,68,69,70)/b73-31+/t44-,46-,47?,48-,49-,55-,66-/m0/s1. The number of esters is 1. The van der Waals surface area contributed by atoms with Crippen LogP contribution in [0, 0.1) is 5.92 Å². The van der Waals surface area contributed by atoms with E-state index in [9.17, 15) is 57.8 Å². The van der Waals surface area contributed by atoms with E-state index in [-0.39, 0.29) is 69.9 Å². The number of cyclic esters (lactones) is 1.